The van der Waals surface area contributed by atoms with Crippen LogP contribution in [-0.2, 0) is 4.79 Å². The molecule has 1 aromatic carbocycles. The second-order valence-corrected chi connectivity index (χ2v) is 3.35. The number of rotatable bonds is 2. The fraction of sp³-hybridized carbons (Fsp3) is 0.167. The van der Waals surface area contributed by atoms with Gasteiger partial charge in [0.15, 0.2) is 0 Å². The number of aromatic nitrogens is 1. The van der Waals surface area contributed by atoms with Crippen molar-refractivity contribution in [2.75, 3.05) is 0 Å². The minimum Gasteiger partial charge on any atom is -0.256 e. The van der Waals surface area contributed by atoms with Crippen molar-refractivity contribution in [1.82, 2.24) is 4.98 Å². The van der Waals surface area contributed by atoms with Gasteiger partial charge in [0.05, 0.1) is 11.6 Å². The fourth-order valence-corrected chi connectivity index (χ4v) is 1.50. The summed E-state index contributed by atoms with van der Waals surface area (Å²) in [6.07, 6.45) is 3.32. The molecule has 15 heavy (non-hydrogen) atoms. The van der Waals surface area contributed by atoms with E-state index in [0.29, 0.717) is 0 Å². The lowest BCUT2D eigenvalue weighted by Gasteiger charge is -2.05. The first-order chi connectivity index (χ1) is 7.31. The molecule has 3 heteroatoms. The molecule has 0 bridgehead atoms. The Balaban J connectivity index is 2.51. The molecule has 74 valence electrons. The Kier molecular flexibility index (Phi) is 2.57. The average Bonchev–Trinajstić information content (AvgIpc) is 2.29. The van der Waals surface area contributed by atoms with Crippen LogP contribution in [0.5, 0.6) is 0 Å². The Bertz CT molecular complexity index is 530. The van der Waals surface area contributed by atoms with Crippen LogP contribution in [0.4, 0.5) is 0 Å². The van der Waals surface area contributed by atoms with Gasteiger partial charge in [-0.3, -0.25) is 4.98 Å². The van der Waals surface area contributed by atoms with Gasteiger partial charge >= 0.3 is 0 Å². The van der Waals surface area contributed by atoms with E-state index >= 15 is 0 Å². The molecule has 1 unspecified atom stereocenters. The second kappa shape index (κ2) is 4.03. The van der Waals surface area contributed by atoms with Crippen molar-refractivity contribution < 1.29 is 4.79 Å². The van der Waals surface area contributed by atoms with Gasteiger partial charge < -0.3 is 0 Å². The molecule has 0 radical (unpaired) electrons. The van der Waals surface area contributed by atoms with Crippen LogP contribution in [-0.4, -0.2) is 11.1 Å². The molecule has 3 nitrogen and oxygen atoms in total. The SMILES string of the molecule is CC(N=C=O)c1ccc2cccnc2c1. The zero-order valence-corrected chi connectivity index (χ0v) is 8.34. The highest BCUT2D eigenvalue weighted by Crippen LogP contribution is 2.20. The molecule has 2 aromatic rings. The number of hydrogen-bond acceptors (Lipinski definition) is 3. The molecular formula is C12H10N2O. The number of hydrogen-bond donors (Lipinski definition) is 0. The number of aliphatic imine (C=N–C) groups is 1. The molecule has 0 N–H and O–H groups in total. The third kappa shape index (κ3) is 1.92. The molecule has 0 aliphatic rings. The molecule has 0 amide bonds. The highest BCUT2D eigenvalue weighted by molar-refractivity contribution is 5.79. The molecule has 1 aromatic heterocycles. The van der Waals surface area contributed by atoms with Gasteiger partial charge in [0.2, 0.25) is 6.08 Å². The summed E-state index contributed by atoms with van der Waals surface area (Å²) in [4.78, 5) is 18.1. The number of carbonyl (C=O) groups excluding carboxylic acids is 1. The first-order valence-corrected chi connectivity index (χ1v) is 4.73. The lowest BCUT2D eigenvalue weighted by molar-refractivity contribution is 0.559. The third-order valence-electron chi connectivity index (χ3n) is 2.36. The van der Waals surface area contributed by atoms with Crippen molar-refractivity contribution in [3.63, 3.8) is 0 Å². The Hall–Kier alpha value is -1.99. The first-order valence-electron chi connectivity index (χ1n) is 4.73. The van der Waals surface area contributed by atoms with Gasteiger partial charge in [-0.15, -0.1) is 0 Å². The monoisotopic (exact) mass is 198 g/mol. The van der Waals surface area contributed by atoms with Crippen molar-refractivity contribution in [1.29, 1.82) is 0 Å². The topological polar surface area (TPSA) is 42.3 Å². The van der Waals surface area contributed by atoms with Crippen molar-refractivity contribution in [3.8, 4) is 0 Å². The van der Waals surface area contributed by atoms with Gasteiger partial charge in [0, 0.05) is 11.6 Å². The highest BCUT2D eigenvalue weighted by atomic mass is 16.1. The number of pyridine rings is 1. The lowest BCUT2D eigenvalue weighted by atomic mass is 10.1. The maximum Gasteiger partial charge on any atom is 0.235 e. The van der Waals surface area contributed by atoms with Crippen LogP contribution in [0.1, 0.15) is 18.5 Å². The predicted octanol–water partition coefficient (Wildman–Crippen LogP) is 2.63. The summed E-state index contributed by atoms with van der Waals surface area (Å²) in [5, 5.41) is 1.09. The first kappa shape index (κ1) is 9.56. The molecule has 0 saturated heterocycles. The summed E-state index contributed by atoms with van der Waals surface area (Å²) in [6, 6.07) is 9.62. The van der Waals surface area contributed by atoms with Crippen LogP contribution in [0.25, 0.3) is 10.9 Å². The maximum absolute atomic E-state index is 10.1. The molecular weight excluding hydrogens is 188 g/mol. The fourth-order valence-electron chi connectivity index (χ4n) is 1.50. The Morgan fingerprint density at radius 3 is 3.07 bits per heavy atom. The van der Waals surface area contributed by atoms with E-state index in [2.05, 4.69) is 9.98 Å². The van der Waals surface area contributed by atoms with Crippen LogP contribution in [0, 0.1) is 0 Å². The van der Waals surface area contributed by atoms with Gasteiger partial charge in [-0.2, -0.15) is 4.99 Å². The van der Waals surface area contributed by atoms with E-state index in [1.165, 1.54) is 0 Å². The molecule has 0 saturated carbocycles. The molecule has 0 spiro atoms. The van der Waals surface area contributed by atoms with E-state index in [4.69, 9.17) is 0 Å². The van der Waals surface area contributed by atoms with Gasteiger partial charge in [0.25, 0.3) is 0 Å². The number of fused-ring (bicyclic) bond motifs is 1. The average molecular weight is 198 g/mol. The molecule has 2 rings (SSSR count). The Morgan fingerprint density at radius 1 is 1.40 bits per heavy atom. The van der Waals surface area contributed by atoms with Crippen LogP contribution in [0.3, 0.4) is 0 Å². The van der Waals surface area contributed by atoms with Crippen LogP contribution < -0.4 is 0 Å². The van der Waals surface area contributed by atoms with Gasteiger partial charge in [0.1, 0.15) is 0 Å². The van der Waals surface area contributed by atoms with Crippen molar-refractivity contribution in [3.05, 3.63) is 42.1 Å². The van der Waals surface area contributed by atoms with Gasteiger partial charge in [-0.1, -0.05) is 18.2 Å². The van der Waals surface area contributed by atoms with Crippen LogP contribution in [0.2, 0.25) is 0 Å². The predicted molar refractivity (Wildman–Crippen MR) is 58.3 cm³/mol. The maximum atomic E-state index is 10.1. The summed E-state index contributed by atoms with van der Waals surface area (Å²) in [5.41, 5.74) is 1.90. The minimum absolute atomic E-state index is 0.158. The number of nitrogens with zero attached hydrogens (tertiary/aromatic N) is 2. The molecule has 0 aliphatic heterocycles. The smallest absolute Gasteiger partial charge is 0.235 e. The third-order valence-corrected chi connectivity index (χ3v) is 2.36. The Morgan fingerprint density at radius 2 is 2.27 bits per heavy atom. The van der Waals surface area contributed by atoms with Crippen molar-refractivity contribution >= 4 is 17.0 Å². The van der Waals surface area contributed by atoms with Crippen LogP contribution >= 0.6 is 0 Å². The normalized spacial score (nSPS) is 12.1. The van der Waals surface area contributed by atoms with Gasteiger partial charge in [-0.25, -0.2) is 4.79 Å². The number of benzene rings is 1. The molecule has 0 aliphatic carbocycles. The van der Waals surface area contributed by atoms with Gasteiger partial charge in [-0.05, 0) is 24.6 Å². The summed E-state index contributed by atoms with van der Waals surface area (Å²) in [6.45, 7) is 1.86. The summed E-state index contributed by atoms with van der Waals surface area (Å²) >= 11 is 0. The molecule has 1 heterocycles. The molecule has 1 atom stereocenters. The Labute approximate surface area is 87.5 Å². The number of isocyanates is 1. The summed E-state index contributed by atoms with van der Waals surface area (Å²) in [5.74, 6) is 0. The van der Waals surface area contributed by atoms with E-state index in [1.54, 1.807) is 12.3 Å². The minimum atomic E-state index is -0.158. The van der Waals surface area contributed by atoms with E-state index in [9.17, 15) is 4.79 Å². The van der Waals surface area contributed by atoms with E-state index < -0.39 is 0 Å². The van der Waals surface area contributed by atoms with E-state index in [1.807, 2.05) is 37.3 Å². The zero-order chi connectivity index (χ0) is 10.7. The quantitative estimate of drug-likeness (QED) is 0.550. The lowest BCUT2D eigenvalue weighted by Crippen LogP contribution is -1.89. The standard InChI is InChI=1S/C12H10N2O/c1-9(14-8-15)11-5-4-10-3-2-6-13-12(10)7-11/h2-7,9H,1H3. The summed E-state index contributed by atoms with van der Waals surface area (Å²) < 4.78 is 0. The zero-order valence-electron chi connectivity index (χ0n) is 8.34. The largest absolute Gasteiger partial charge is 0.256 e. The van der Waals surface area contributed by atoms with Crippen molar-refractivity contribution in [2.45, 2.75) is 13.0 Å². The van der Waals surface area contributed by atoms with E-state index in [-0.39, 0.29) is 6.04 Å². The highest BCUT2D eigenvalue weighted by Gasteiger charge is 2.04. The van der Waals surface area contributed by atoms with Crippen LogP contribution in [0.15, 0.2) is 41.5 Å². The van der Waals surface area contributed by atoms with Crippen molar-refractivity contribution in [2.24, 2.45) is 4.99 Å². The second-order valence-electron chi connectivity index (χ2n) is 3.35. The summed E-state index contributed by atoms with van der Waals surface area (Å²) in [7, 11) is 0. The van der Waals surface area contributed by atoms with E-state index in [0.717, 1.165) is 16.5 Å². The molecule has 0 fully saturated rings.